The Hall–Kier alpha value is -1.49. The van der Waals surface area contributed by atoms with Gasteiger partial charge in [-0.3, -0.25) is 4.79 Å². The molecule has 0 aliphatic carbocycles. The van der Waals surface area contributed by atoms with Gasteiger partial charge in [-0.1, -0.05) is 5.16 Å². The summed E-state index contributed by atoms with van der Waals surface area (Å²) in [5.74, 6) is 0.391. The van der Waals surface area contributed by atoms with Crippen LogP contribution in [0.1, 0.15) is 25.6 Å². The van der Waals surface area contributed by atoms with Gasteiger partial charge in [0.2, 0.25) is 5.82 Å². The van der Waals surface area contributed by atoms with Crippen molar-refractivity contribution in [2.75, 3.05) is 0 Å². The van der Waals surface area contributed by atoms with Gasteiger partial charge in [-0.2, -0.15) is 4.98 Å². The van der Waals surface area contributed by atoms with Crippen LogP contribution in [0.2, 0.25) is 0 Å². The fourth-order valence-electron chi connectivity index (χ4n) is 0.673. The second-order valence-electron chi connectivity index (χ2n) is 3.01. The molecule has 0 aliphatic rings. The molecule has 0 spiro atoms. The zero-order valence-corrected chi connectivity index (χ0v) is 7.39. The number of aliphatic hydroxyl groups is 1. The molecule has 0 radical (unpaired) electrons. The number of hydrogen-bond donors (Lipinski definition) is 1. The highest BCUT2D eigenvalue weighted by atomic mass is 16.5. The third-order valence-electron chi connectivity index (χ3n) is 1.31. The molecule has 0 fully saturated rings. The van der Waals surface area contributed by atoms with E-state index < -0.39 is 5.60 Å². The van der Waals surface area contributed by atoms with Crippen LogP contribution in [-0.4, -0.2) is 21.5 Å². The van der Waals surface area contributed by atoms with Gasteiger partial charge in [-0.25, -0.2) is 0 Å². The first-order valence-corrected chi connectivity index (χ1v) is 3.72. The summed E-state index contributed by atoms with van der Waals surface area (Å²) in [5, 5.41) is 13.0. The topological polar surface area (TPSA) is 76.2 Å². The molecule has 70 valence electrons. The smallest absolute Gasteiger partial charge is 0.250 e. The highest BCUT2D eigenvalue weighted by Gasteiger charge is 2.22. The van der Waals surface area contributed by atoms with Crippen molar-refractivity contribution in [1.29, 1.82) is 0 Å². The summed E-state index contributed by atoms with van der Waals surface area (Å²) in [7, 11) is 0. The van der Waals surface area contributed by atoms with Gasteiger partial charge in [0, 0.05) is 6.08 Å². The van der Waals surface area contributed by atoms with E-state index in [0.29, 0.717) is 6.29 Å². The molecule has 1 aromatic rings. The minimum Gasteiger partial charge on any atom is -0.382 e. The predicted molar refractivity (Wildman–Crippen MR) is 44.6 cm³/mol. The molecular weight excluding hydrogens is 172 g/mol. The van der Waals surface area contributed by atoms with Crippen LogP contribution in [0.3, 0.4) is 0 Å². The van der Waals surface area contributed by atoms with Gasteiger partial charge >= 0.3 is 0 Å². The predicted octanol–water partition coefficient (Wildman–Crippen LogP) is 0.509. The third-order valence-corrected chi connectivity index (χ3v) is 1.31. The van der Waals surface area contributed by atoms with Gasteiger partial charge in [0.25, 0.3) is 5.89 Å². The van der Waals surface area contributed by atoms with Gasteiger partial charge in [0.15, 0.2) is 0 Å². The number of aromatic nitrogens is 2. The Labute approximate surface area is 75.1 Å². The van der Waals surface area contributed by atoms with E-state index in [4.69, 9.17) is 4.52 Å². The average molecular weight is 182 g/mol. The van der Waals surface area contributed by atoms with E-state index in [9.17, 15) is 9.90 Å². The van der Waals surface area contributed by atoms with Gasteiger partial charge in [-0.05, 0) is 19.9 Å². The van der Waals surface area contributed by atoms with Crippen LogP contribution in [-0.2, 0) is 10.4 Å². The molecule has 0 amide bonds. The minimum absolute atomic E-state index is 0.193. The number of hydrogen-bond acceptors (Lipinski definition) is 5. The van der Waals surface area contributed by atoms with Crippen molar-refractivity contribution in [3.05, 3.63) is 17.8 Å². The van der Waals surface area contributed by atoms with Crippen LogP contribution in [0, 0.1) is 0 Å². The van der Waals surface area contributed by atoms with Gasteiger partial charge < -0.3 is 9.63 Å². The lowest BCUT2D eigenvalue weighted by molar-refractivity contribution is -0.104. The zero-order chi connectivity index (χ0) is 9.90. The van der Waals surface area contributed by atoms with E-state index in [-0.39, 0.29) is 11.7 Å². The second-order valence-corrected chi connectivity index (χ2v) is 3.01. The van der Waals surface area contributed by atoms with E-state index >= 15 is 0 Å². The Morgan fingerprint density at radius 1 is 1.54 bits per heavy atom. The maximum absolute atomic E-state index is 9.96. The van der Waals surface area contributed by atoms with Crippen molar-refractivity contribution >= 4 is 12.4 Å². The number of aldehydes is 1. The van der Waals surface area contributed by atoms with E-state index in [1.54, 1.807) is 13.8 Å². The number of carbonyl (C=O) groups excluding carboxylic acids is 1. The average Bonchev–Trinajstić information content (AvgIpc) is 2.47. The first-order valence-electron chi connectivity index (χ1n) is 3.72. The lowest BCUT2D eigenvalue weighted by Crippen LogP contribution is -2.17. The first kappa shape index (κ1) is 9.60. The lowest BCUT2D eigenvalue weighted by atomic mass is 10.1. The van der Waals surface area contributed by atoms with Gasteiger partial charge in [0.1, 0.15) is 11.9 Å². The number of allylic oxidation sites excluding steroid dienone is 1. The van der Waals surface area contributed by atoms with Gasteiger partial charge in [0.05, 0.1) is 0 Å². The van der Waals surface area contributed by atoms with E-state index in [0.717, 1.165) is 0 Å². The fourth-order valence-corrected chi connectivity index (χ4v) is 0.673. The van der Waals surface area contributed by atoms with Gasteiger partial charge in [-0.15, -0.1) is 0 Å². The summed E-state index contributed by atoms with van der Waals surface area (Å²) >= 11 is 0. The number of nitrogens with zero attached hydrogens (tertiary/aromatic N) is 2. The van der Waals surface area contributed by atoms with Crippen molar-refractivity contribution in [2.45, 2.75) is 19.4 Å². The molecule has 5 nitrogen and oxygen atoms in total. The standard InChI is InChI=1S/C8H10N2O3/c1-8(2,12)7-9-6(13-10-7)4-3-5-11/h3-5,12H,1-2H3. The van der Waals surface area contributed by atoms with Crippen LogP contribution in [0.25, 0.3) is 6.08 Å². The molecule has 0 saturated carbocycles. The molecule has 1 heterocycles. The van der Waals surface area contributed by atoms with Crippen LogP contribution in [0.4, 0.5) is 0 Å². The highest BCUT2D eigenvalue weighted by Crippen LogP contribution is 2.15. The van der Waals surface area contributed by atoms with Crippen LogP contribution < -0.4 is 0 Å². The Morgan fingerprint density at radius 3 is 2.69 bits per heavy atom. The quantitative estimate of drug-likeness (QED) is 0.544. The maximum atomic E-state index is 9.96. The second kappa shape index (κ2) is 3.49. The normalized spacial score (nSPS) is 12.2. The summed E-state index contributed by atoms with van der Waals surface area (Å²) in [6.45, 7) is 3.09. The fraction of sp³-hybridized carbons (Fsp3) is 0.375. The Kier molecular flexibility index (Phi) is 2.57. The SMILES string of the molecule is CC(C)(O)c1noc(C=CC=O)n1. The third kappa shape index (κ3) is 2.48. The molecule has 0 saturated heterocycles. The Bertz CT molecular complexity index is 322. The molecule has 0 bridgehead atoms. The maximum Gasteiger partial charge on any atom is 0.250 e. The largest absolute Gasteiger partial charge is 0.382 e. The molecule has 1 aromatic heterocycles. The van der Waals surface area contributed by atoms with Crippen molar-refractivity contribution < 1.29 is 14.4 Å². The molecule has 0 unspecified atom stereocenters. The summed E-state index contributed by atoms with van der Waals surface area (Å²) < 4.78 is 4.73. The summed E-state index contributed by atoms with van der Waals surface area (Å²) in [4.78, 5) is 13.8. The van der Waals surface area contributed by atoms with Crippen molar-refractivity contribution in [3.63, 3.8) is 0 Å². The minimum atomic E-state index is -1.13. The van der Waals surface area contributed by atoms with E-state index in [2.05, 4.69) is 10.1 Å². The summed E-state index contributed by atoms with van der Waals surface area (Å²) in [5.41, 5.74) is -1.13. The number of carbonyl (C=O) groups is 1. The first-order chi connectivity index (χ1) is 6.04. The molecule has 1 N–H and O–H groups in total. The molecule has 0 aliphatic heterocycles. The Morgan fingerprint density at radius 2 is 2.23 bits per heavy atom. The van der Waals surface area contributed by atoms with Crippen molar-refractivity contribution in [3.8, 4) is 0 Å². The van der Waals surface area contributed by atoms with Crippen LogP contribution >= 0.6 is 0 Å². The molecule has 0 aromatic carbocycles. The molecule has 5 heteroatoms. The summed E-state index contributed by atoms with van der Waals surface area (Å²) in [6.07, 6.45) is 3.21. The van der Waals surface area contributed by atoms with Crippen molar-refractivity contribution in [2.24, 2.45) is 0 Å². The monoisotopic (exact) mass is 182 g/mol. The molecular formula is C8H10N2O3. The van der Waals surface area contributed by atoms with E-state index in [1.165, 1.54) is 12.2 Å². The highest BCUT2D eigenvalue weighted by molar-refractivity contribution is 5.71. The zero-order valence-electron chi connectivity index (χ0n) is 7.39. The molecule has 1 rings (SSSR count). The summed E-state index contributed by atoms with van der Waals surface area (Å²) in [6, 6.07) is 0. The van der Waals surface area contributed by atoms with Crippen LogP contribution in [0.15, 0.2) is 10.6 Å². The lowest BCUT2D eigenvalue weighted by Gasteiger charge is -2.09. The molecule has 13 heavy (non-hydrogen) atoms. The van der Waals surface area contributed by atoms with E-state index in [1.807, 2.05) is 0 Å². The number of rotatable bonds is 3. The Balaban J connectivity index is 2.87. The van der Waals surface area contributed by atoms with Crippen molar-refractivity contribution in [1.82, 2.24) is 10.1 Å². The molecule has 0 atom stereocenters. The van der Waals surface area contributed by atoms with Crippen LogP contribution in [0.5, 0.6) is 0 Å².